The molecule has 0 spiro atoms. The van der Waals surface area contributed by atoms with E-state index in [2.05, 4.69) is 26.1 Å². The minimum absolute atomic E-state index is 0.152. The molecule has 0 radical (unpaired) electrons. The van der Waals surface area contributed by atoms with Gasteiger partial charge in [-0.25, -0.2) is 9.18 Å². The van der Waals surface area contributed by atoms with E-state index in [1.165, 1.54) is 18.3 Å². The first kappa shape index (κ1) is 16.9. The van der Waals surface area contributed by atoms with Gasteiger partial charge in [0.1, 0.15) is 0 Å². The summed E-state index contributed by atoms with van der Waals surface area (Å²) in [7, 11) is 0. The van der Waals surface area contributed by atoms with Crippen molar-refractivity contribution in [1.82, 2.24) is 0 Å². The van der Waals surface area contributed by atoms with Crippen molar-refractivity contribution in [3.63, 3.8) is 0 Å². The Labute approximate surface area is 128 Å². The molecule has 0 fully saturated rings. The van der Waals surface area contributed by atoms with Crippen LogP contribution in [-0.2, 0) is 9.53 Å². The lowest BCUT2D eigenvalue weighted by Crippen LogP contribution is -2.21. The second-order valence-corrected chi connectivity index (χ2v) is 4.58. The molecule has 114 valence electrons. The maximum atomic E-state index is 13.9. The average Bonchev–Trinajstić information content (AvgIpc) is 2.37. The first-order valence-electron chi connectivity index (χ1n) is 5.83. The van der Waals surface area contributed by atoms with Crippen molar-refractivity contribution in [1.29, 1.82) is 0 Å². The van der Waals surface area contributed by atoms with E-state index in [0.717, 1.165) is 0 Å². The zero-order valence-electron chi connectivity index (χ0n) is 11.2. The van der Waals surface area contributed by atoms with E-state index in [4.69, 9.17) is 20.9 Å². The number of hydrogen-bond donors (Lipinski definition) is 2. The first-order valence-corrected chi connectivity index (χ1v) is 6.62. The summed E-state index contributed by atoms with van der Waals surface area (Å²) in [5, 5.41) is 6.98. The number of ether oxygens (including phenoxy) is 2. The van der Waals surface area contributed by atoms with Gasteiger partial charge in [-0.3, -0.25) is 0 Å². The second kappa shape index (κ2) is 8.20. The van der Waals surface area contributed by atoms with Crippen molar-refractivity contribution in [2.75, 3.05) is 13.2 Å². The molecule has 0 aliphatic rings. The lowest BCUT2D eigenvalue weighted by atomic mass is 10.2. The van der Waals surface area contributed by atoms with Crippen LogP contribution in [0, 0.1) is 5.82 Å². The summed E-state index contributed by atoms with van der Waals surface area (Å²) < 4.78 is 24.2. The highest BCUT2D eigenvalue weighted by Crippen LogP contribution is 2.26. The maximum Gasteiger partial charge on any atom is 0.344 e. The Hall–Kier alpha value is -2.16. The molecule has 0 atom stereocenters. The van der Waals surface area contributed by atoms with Crippen molar-refractivity contribution in [3.05, 3.63) is 28.0 Å². The van der Waals surface area contributed by atoms with Crippen LogP contribution < -0.4 is 16.2 Å². The van der Waals surface area contributed by atoms with Crippen molar-refractivity contribution in [2.24, 2.45) is 21.7 Å². The normalized spacial score (nSPS) is 10.4. The third-order valence-electron chi connectivity index (χ3n) is 2.05. The van der Waals surface area contributed by atoms with Gasteiger partial charge in [0.2, 0.25) is 5.96 Å². The molecule has 0 amide bonds. The van der Waals surface area contributed by atoms with E-state index in [-0.39, 0.29) is 23.9 Å². The number of halogens is 2. The van der Waals surface area contributed by atoms with E-state index >= 15 is 0 Å². The van der Waals surface area contributed by atoms with Gasteiger partial charge < -0.3 is 20.9 Å². The Morgan fingerprint density at radius 1 is 1.48 bits per heavy atom. The summed E-state index contributed by atoms with van der Waals surface area (Å²) in [6.07, 6.45) is 1.20. The predicted molar refractivity (Wildman–Crippen MR) is 79.6 cm³/mol. The third kappa shape index (κ3) is 5.78. The van der Waals surface area contributed by atoms with Crippen LogP contribution in [0.15, 0.2) is 26.8 Å². The Morgan fingerprint density at radius 3 is 2.81 bits per heavy atom. The molecule has 1 rings (SSSR count). The summed E-state index contributed by atoms with van der Waals surface area (Å²) in [6.45, 7) is 1.45. The molecule has 1 aromatic carbocycles. The smallest absolute Gasteiger partial charge is 0.344 e. The molecule has 0 heterocycles. The average molecular weight is 361 g/mol. The Kier molecular flexibility index (Phi) is 6.60. The number of esters is 1. The minimum atomic E-state index is -0.667. The van der Waals surface area contributed by atoms with E-state index in [0.29, 0.717) is 4.47 Å². The Bertz CT molecular complexity index is 574. The lowest BCUT2D eigenvalue weighted by molar-refractivity contribution is -0.145. The van der Waals surface area contributed by atoms with Crippen molar-refractivity contribution in [2.45, 2.75) is 6.92 Å². The van der Waals surface area contributed by atoms with E-state index < -0.39 is 18.4 Å². The molecule has 0 aliphatic heterocycles. The molecule has 0 saturated carbocycles. The Morgan fingerprint density at radius 2 is 2.19 bits per heavy atom. The van der Waals surface area contributed by atoms with Gasteiger partial charge in [-0.2, -0.15) is 5.10 Å². The van der Waals surface area contributed by atoms with Gasteiger partial charge >= 0.3 is 5.97 Å². The van der Waals surface area contributed by atoms with Gasteiger partial charge in [0.05, 0.1) is 12.8 Å². The van der Waals surface area contributed by atoms with Crippen LogP contribution in [0.3, 0.4) is 0 Å². The molecule has 1 aromatic rings. The van der Waals surface area contributed by atoms with Crippen LogP contribution in [-0.4, -0.2) is 31.4 Å². The van der Waals surface area contributed by atoms with E-state index in [1.807, 2.05) is 0 Å². The zero-order chi connectivity index (χ0) is 15.8. The number of guanidine groups is 1. The fraction of sp³-hybridized carbons (Fsp3) is 0.250. The molecular weight excluding hydrogens is 347 g/mol. The summed E-state index contributed by atoms with van der Waals surface area (Å²) in [5.74, 6) is -1.66. The van der Waals surface area contributed by atoms with Crippen LogP contribution in [0.4, 0.5) is 4.39 Å². The molecule has 4 N–H and O–H groups in total. The number of carbonyl (C=O) groups is 1. The van der Waals surface area contributed by atoms with Crippen LogP contribution in [0.25, 0.3) is 0 Å². The standard InChI is InChI=1S/C12H14BrFN4O3/c1-2-20-10(19)6-21-11-7(5-17-18-12(15)16)3-8(13)4-9(11)14/h3-5H,2,6H2,1H3,(H4,15,16,18). The van der Waals surface area contributed by atoms with Gasteiger partial charge in [-0.15, -0.1) is 5.10 Å². The number of rotatable bonds is 6. The van der Waals surface area contributed by atoms with Crippen molar-refractivity contribution < 1.29 is 18.7 Å². The van der Waals surface area contributed by atoms with Crippen LogP contribution in [0.1, 0.15) is 12.5 Å². The highest BCUT2D eigenvalue weighted by Gasteiger charge is 2.13. The predicted octanol–water partition coefficient (Wildman–Crippen LogP) is 1.14. The van der Waals surface area contributed by atoms with Gasteiger partial charge in [-0.05, 0) is 19.1 Å². The zero-order valence-corrected chi connectivity index (χ0v) is 12.8. The molecule has 0 aromatic heterocycles. The lowest BCUT2D eigenvalue weighted by Gasteiger charge is -2.10. The maximum absolute atomic E-state index is 13.9. The van der Waals surface area contributed by atoms with Crippen LogP contribution in [0.2, 0.25) is 0 Å². The van der Waals surface area contributed by atoms with E-state index in [1.54, 1.807) is 6.92 Å². The van der Waals surface area contributed by atoms with E-state index in [9.17, 15) is 9.18 Å². The largest absolute Gasteiger partial charge is 0.478 e. The first-order chi connectivity index (χ1) is 9.93. The number of nitrogens with two attached hydrogens (primary N) is 2. The monoisotopic (exact) mass is 360 g/mol. The minimum Gasteiger partial charge on any atom is -0.478 e. The second-order valence-electron chi connectivity index (χ2n) is 3.67. The number of nitrogens with zero attached hydrogens (tertiary/aromatic N) is 2. The summed E-state index contributed by atoms with van der Waals surface area (Å²) in [5.41, 5.74) is 10.5. The molecule has 9 heteroatoms. The molecule has 0 unspecified atom stereocenters. The molecule has 0 bridgehead atoms. The molecule has 7 nitrogen and oxygen atoms in total. The number of hydrogen-bond acceptors (Lipinski definition) is 5. The highest BCUT2D eigenvalue weighted by atomic mass is 79.9. The van der Waals surface area contributed by atoms with Gasteiger partial charge in [0, 0.05) is 10.0 Å². The summed E-state index contributed by atoms with van der Waals surface area (Å²) in [4.78, 5) is 11.2. The number of carbonyl (C=O) groups excluding carboxylic acids is 1. The molecule has 21 heavy (non-hydrogen) atoms. The topological polar surface area (TPSA) is 112 Å². The summed E-state index contributed by atoms with van der Waals surface area (Å²) in [6, 6.07) is 2.73. The molecule has 0 aliphatic carbocycles. The number of benzene rings is 1. The molecular formula is C12H14BrFN4O3. The van der Waals surface area contributed by atoms with Gasteiger partial charge in [0.15, 0.2) is 18.2 Å². The van der Waals surface area contributed by atoms with Crippen molar-refractivity contribution >= 4 is 34.1 Å². The fourth-order valence-electron chi connectivity index (χ4n) is 1.32. The van der Waals surface area contributed by atoms with Gasteiger partial charge in [-0.1, -0.05) is 15.9 Å². The van der Waals surface area contributed by atoms with Crippen LogP contribution in [0.5, 0.6) is 5.75 Å². The highest BCUT2D eigenvalue weighted by molar-refractivity contribution is 9.10. The Balaban J connectivity index is 2.97. The fourth-order valence-corrected chi connectivity index (χ4v) is 1.77. The van der Waals surface area contributed by atoms with Gasteiger partial charge in [0.25, 0.3) is 0 Å². The molecule has 0 saturated heterocycles. The third-order valence-corrected chi connectivity index (χ3v) is 2.50. The van der Waals surface area contributed by atoms with Crippen LogP contribution >= 0.6 is 15.9 Å². The quantitative estimate of drug-likeness (QED) is 0.342. The summed E-state index contributed by atoms with van der Waals surface area (Å²) >= 11 is 3.14. The SMILES string of the molecule is CCOC(=O)COc1c(F)cc(Br)cc1C=NN=C(N)N. The van der Waals surface area contributed by atoms with Crippen molar-refractivity contribution in [3.8, 4) is 5.75 Å².